The quantitative estimate of drug-likeness (QED) is 0.557. The lowest BCUT2D eigenvalue weighted by Gasteiger charge is -2.03. The fourth-order valence-electron chi connectivity index (χ4n) is 2.80. The number of hydrogen-bond acceptors (Lipinski definition) is 6. The number of rotatable bonds is 4. The number of nitrogens with one attached hydrogen (secondary N) is 1. The second-order valence-electron chi connectivity index (χ2n) is 5.69. The molecule has 0 radical (unpaired) electrons. The van der Waals surface area contributed by atoms with Gasteiger partial charge in [0.05, 0.1) is 17.2 Å². The van der Waals surface area contributed by atoms with Crippen LogP contribution in [0.2, 0.25) is 0 Å². The number of nitro groups is 1. The molecule has 2 aromatic carbocycles. The molecule has 0 bridgehead atoms. The van der Waals surface area contributed by atoms with Crippen molar-refractivity contribution in [3.63, 3.8) is 0 Å². The van der Waals surface area contributed by atoms with E-state index in [0.717, 1.165) is 29.0 Å². The number of anilines is 1. The van der Waals surface area contributed by atoms with Gasteiger partial charge in [0, 0.05) is 23.4 Å². The molecule has 1 amide bonds. The molecule has 0 spiro atoms. The van der Waals surface area contributed by atoms with Crippen molar-refractivity contribution in [2.45, 2.75) is 6.42 Å². The van der Waals surface area contributed by atoms with Gasteiger partial charge in [-0.05, 0) is 29.8 Å². The zero-order chi connectivity index (χ0) is 18.1. The van der Waals surface area contributed by atoms with Gasteiger partial charge in [0.25, 0.3) is 11.6 Å². The molecule has 130 valence electrons. The lowest BCUT2D eigenvalue weighted by Crippen LogP contribution is -2.13. The average molecular weight is 367 g/mol. The van der Waals surface area contributed by atoms with E-state index in [2.05, 4.69) is 10.3 Å². The summed E-state index contributed by atoms with van der Waals surface area (Å²) in [6.07, 6.45) is 0.870. The first-order valence-corrected chi connectivity index (χ1v) is 8.76. The van der Waals surface area contributed by atoms with Crippen LogP contribution in [-0.4, -0.2) is 22.4 Å². The predicted molar refractivity (Wildman–Crippen MR) is 97.8 cm³/mol. The first kappa shape index (κ1) is 16.2. The molecule has 8 heteroatoms. The summed E-state index contributed by atoms with van der Waals surface area (Å²) in [6.45, 7) is 0.688. The van der Waals surface area contributed by atoms with E-state index in [0.29, 0.717) is 11.7 Å². The van der Waals surface area contributed by atoms with Gasteiger partial charge in [0.1, 0.15) is 11.3 Å². The Labute approximate surface area is 152 Å². The number of hydrogen-bond donors (Lipinski definition) is 1. The molecule has 0 saturated carbocycles. The maximum absolute atomic E-state index is 12.4. The Morgan fingerprint density at radius 2 is 2.12 bits per heavy atom. The van der Waals surface area contributed by atoms with Crippen molar-refractivity contribution < 1.29 is 14.5 Å². The normalized spacial score (nSPS) is 12.3. The Bertz CT molecular complexity index is 1020. The molecular formula is C18H13N3O4S. The van der Waals surface area contributed by atoms with Gasteiger partial charge >= 0.3 is 0 Å². The molecule has 4 rings (SSSR count). The molecule has 3 aromatic rings. The molecule has 1 aliphatic rings. The number of amides is 1. The summed E-state index contributed by atoms with van der Waals surface area (Å²) in [5, 5.41) is 15.9. The minimum absolute atomic E-state index is 0.00364. The van der Waals surface area contributed by atoms with Crippen LogP contribution >= 0.6 is 11.3 Å². The van der Waals surface area contributed by atoms with Crippen LogP contribution in [0.4, 0.5) is 10.8 Å². The minimum Gasteiger partial charge on any atom is -0.493 e. The second-order valence-corrected chi connectivity index (χ2v) is 6.55. The van der Waals surface area contributed by atoms with Crippen LogP contribution in [0, 0.1) is 10.1 Å². The number of nitro benzene ring substituents is 1. The van der Waals surface area contributed by atoms with E-state index in [4.69, 9.17) is 4.74 Å². The Hall–Kier alpha value is -3.26. The number of nitrogens with zero attached hydrogens (tertiary/aromatic N) is 2. The lowest BCUT2D eigenvalue weighted by molar-refractivity contribution is -0.385. The highest BCUT2D eigenvalue weighted by Gasteiger charge is 2.20. The van der Waals surface area contributed by atoms with Gasteiger partial charge < -0.3 is 4.74 Å². The zero-order valence-electron chi connectivity index (χ0n) is 13.5. The van der Waals surface area contributed by atoms with Crippen molar-refractivity contribution in [2.24, 2.45) is 0 Å². The number of thiazole rings is 1. The highest BCUT2D eigenvalue weighted by atomic mass is 32.1. The summed E-state index contributed by atoms with van der Waals surface area (Å²) >= 11 is 1.27. The van der Waals surface area contributed by atoms with E-state index in [1.165, 1.54) is 29.5 Å². The molecule has 7 nitrogen and oxygen atoms in total. The zero-order valence-corrected chi connectivity index (χ0v) is 14.3. The van der Waals surface area contributed by atoms with Gasteiger partial charge in [-0.25, -0.2) is 4.98 Å². The maximum atomic E-state index is 12.4. The highest BCUT2D eigenvalue weighted by Crippen LogP contribution is 2.32. The van der Waals surface area contributed by atoms with Crippen LogP contribution in [0.1, 0.15) is 15.9 Å². The third-order valence-corrected chi connectivity index (χ3v) is 4.81. The molecule has 1 aliphatic heterocycles. The maximum Gasteiger partial charge on any atom is 0.282 e. The fraction of sp³-hybridized carbons (Fsp3) is 0.111. The van der Waals surface area contributed by atoms with Crippen LogP contribution < -0.4 is 10.1 Å². The van der Waals surface area contributed by atoms with Crippen LogP contribution in [0.25, 0.3) is 11.3 Å². The summed E-state index contributed by atoms with van der Waals surface area (Å²) in [7, 11) is 0. The summed E-state index contributed by atoms with van der Waals surface area (Å²) in [5.74, 6) is 0.342. The average Bonchev–Trinajstić information content (AvgIpc) is 3.30. The van der Waals surface area contributed by atoms with E-state index < -0.39 is 10.8 Å². The largest absolute Gasteiger partial charge is 0.493 e. The SMILES string of the molecule is O=C(Nc1nc(-c2ccc3c(c2)CCO3)cs1)c1ccccc1[N+](=O)[O-]. The van der Waals surface area contributed by atoms with E-state index in [9.17, 15) is 14.9 Å². The van der Waals surface area contributed by atoms with Gasteiger partial charge in [0.2, 0.25) is 0 Å². The topological polar surface area (TPSA) is 94.4 Å². The van der Waals surface area contributed by atoms with Crippen molar-refractivity contribution in [2.75, 3.05) is 11.9 Å². The van der Waals surface area contributed by atoms with Gasteiger partial charge in [-0.15, -0.1) is 11.3 Å². The molecule has 0 aliphatic carbocycles. The van der Waals surface area contributed by atoms with Crippen LogP contribution in [0.15, 0.2) is 47.8 Å². The van der Waals surface area contributed by atoms with Crippen molar-refractivity contribution in [1.29, 1.82) is 0 Å². The first-order valence-electron chi connectivity index (χ1n) is 7.88. The Morgan fingerprint density at radius 3 is 2.96 bits per heavy atom. The molecule has 0 fully saturated rings. The van der Waals surface area contributed by atoms with Crippen LogP contribution in [0.5, 0.6) is 5.75 Å². The van der Waals surface area contributed by atoms with Gasteiger partial charge in [-0.1, -0.05) is 12.1 Å². The second kappa shape index (κ2) is 6.57. The molecule has 0 saturated heterocycles. The number of carbonyl (C=O) groups is 1. The Balaban J connectivity index is 1.56. The molecule has 1 aromatic heterocycles. The van der Waals surface area contributed by atoms with Gasteiger partial charge in [-0.3, -0.25) is 20.2 Å². The minimum atomic E-state index is -0.575. The molecule has 1 N–H and O–H groups in total. The number of para-hydroxylation sites is 1. The standard InChI is InChI=1S/C18H13N3O4S/c22-17(13-3-1-2-4-15(13)21(23)24)20-18-19-14(10-26-18)11-5-6-16-12(9-11)7-8-25-16/h1-6,9-10H,7-8H2,(H,19,20,22). The first-order chi connectivity index (χ1) is 12.6. The van der Waals surface area contributed by atoms with Crippen molar-refractivity contribution in [3.8, 4) is 17.0 Å². The molecule has 0 atom stereocenters. The van der Waals surface area contributed by atoms with E-state index in [-0.39, 0.29) is 11.3 Å². The van der Waals surface area contributed by atoms with Crippen molar-refractivity contribution in [3.05, 3.63) is 69.1 Å². The number of fused-ring (bicyclic) bond motifs is 1. The molecule has 26 heavy (non-hydrogen) atoms. The van der Waals surface area contributed by atoms with Gasteiger partial charge in [0.15, 0.2) is 5.13 Å². The smallest absolute Gasteiger partial charge is 0.282 e. The third-order valence-electron chi connectivity index (χ3n) is 4.06. The Kier molecular flexibility index (Phi) is 4.10. The van der Waals surface area contributed by atoms with Crippen LogP contribution in [0.3, 0.4) is 0 Å². The predicted octanol–water partition coefficient (Wildman–Crippen LogP) is 3.91. The molecular weight excluding hydrogens is 354 g/mol. The molecule has 0 unspecified atom stereocenters. The highest BCUT2D eigenvalue weighted by molar-refractivity contribution is 7.14. The van der Waals surface area contributed by atoms with E-state index >= 15 is 0 Å². The summed E-state index contributed by atoms with van der Waals surface area (Å²) < 4.78 is 5.50. The summed E-state index contributed by atoms with van der Waals surface area (Å²) in [5.41, 5.74) is 2.59. The third kappa shape index (κ3) is 3.02. The van der Waals surface area contributed by atoms with Gasteiger partial charge in [-0.2, -0.15) is 0 Å². The Morgan fingerprint density at radius 1 is 1.27 bits per heavy atom. The van der Waals surface area contributed by atoms with E-state index in [1.54, 1.807) is 6.07 Å². The number of ether oxygens (including phenoxy) is 1. The lowest BCUT2D eigenvalue weighted by atomic mass is 10.1. The van der Waals surface area contributed by atoms with E-state index in [1.807, 2.05) is 23.6 Å². The monoisotopic (exact) mass is 367 g/mol. The number of benzene rings is 2. The number of aromatic nitrogens is 1. The molecule has 2 heterocycles. The van der Waals surface area contributed by atoms with Crippen LogP contribution in [-0.2, 0) is 6.42 Å². The summed E-state index contributed by atoms with van der Waals surface area (Å²) in [6, 6.07) is 11.7. The fourth-order valence-corrected chi connectivity index (χ4v) is 3.51. The number of carbonyl (C=O) groups excluding carboxylic acids is 1. The summed E-state index contributed by atoms with van der Waals surface area (Å²) in [4.78, 5) is 27.3. The van der Waals surface area contributed by atoms with Crippen molar-refractivity contribution >= 4 is 28.1 Å². The van der Waals surface area contributed by atoms with Crippen molar-refractivity contribution in [1.82, 2.24) is 4.98 Å².